The van der Waals surface area contributed by atoms with Crippen LogP contribution in [-0.4, -0.2) is 60.3 Å². The Morgan fingerprint density at radius 3 is 2.22 bits per heavy atom. The number of hydrogen-bond donors (Lipinski definition) is 1. The average Bonchev–Trinajstić information content (AvgIpc) is 2.92. The van der Waals surface area contributed by atoms with E-state index in [0.29, 0.717) is 6.42 Å². The van der Waals surface area contributed by atoms with E-state index in [1.807, 2.05) is 6.08 Å². The highest BCUT2D eigenvalue weighted by molar-refractivity contribution is 5.56. The normalized spacial score (nSPS) is 26.9. The second kappa shape index (κ2) is 10.2. The van der Waals surface area contributed by atoms with Gasteiger partial charge in [-0.2, -0.15) is 0 Å². The smallest absolute Gasteiger partial charge is 0.123 e. The third-order valence-electron chi connectivity index (χ3n) is 7.15. The first-order chi connectivity index (χ1) is 15.4. The Morgan fingerprint density at radius 1 is 0.938 bits per heavy atom. The zero-order chi connectivity index (χ0) is 22.6. The third kappa shape index (κ3) is 5.64. The first-order valence-electron chi connectivity index (χ1n) is 11.8. The van der Waals surface area contributed by atoms with Crippen molar-refractivity contribution in [2.24, 2.45) is 5.92 Å². The molecule has 1 aliphatic carbocycles. The summed E-state index contributed by atoms with van der Waals surface area (Å²) in [5.41, 5.74) is 1.82. The fraction of sp³-hybridized carbons (Fsp3) is 0.481. The molecule has 1 N–H and O–H groups in total. The van der Waals surface area contributed by atoms with Gasteiger partial charge in [0.15, 0.2) is 0 Å². The second-order valence-corrected chi connectivity index (χ2v) is 9.50. The van der Waals surface area contributed by atoms with Crippen LogP contribution in [0.1, 0.15) is 36.8 Å². The number of likely N-dealkylation sites (N-methyl/N-ethyl adjacent to an activating group) is 1. The maximum atomic E-state index is 13.5. The fourth-order valence-electron chi connectivity index (χ4n) is 5.14. The molecule has 2 unspecified atom stereocenters. The molecular formula is C27H34F2N2O. The molecule has 2 aliphatic rings. The number of benzene rings is 2. The van der Waals surface area contributed by atoms with Gasteiger partial charge in [0.1, 0.15) is 11.6 Å². The third-order valence-corrected chi connectivity index (χ3v) is 7.15. The van der Waals surface area contributed by atoms with Crippen LogP contribution in [-0.2, 0) is 6.42 Å². The molecule has 5 heteroatoms. The van der Waals surface area contributed by atoms with E-state index >= 15 is 0 Å². The number of halogens is 2. The highest BCUT2D eigenvalue weighted by atomic mass is 19.1. The van der Waals surface area contributed by atoms with Crippen molar-refractivity contribution < 1.29 is 13.9 Å². The van der Waals surface area contributed by atoms with Crippen molar-refractivity contribution in [1.82, 2.24) is 9.80 Å². The molecule has 2 aromatic carbocycles. The minimum Gasteiger partial charge on any atom is -0.385 e. The number of rotatable bonds is 5. The van der Waals surface area contributed by atoms with Gasteiger partial charge in [-0.3, -0.25) is 0 Å². The van der Waals surface area contributed by atoms with Crippen molar-refractivity contribution in [3.05, 3.63) is 76.9 Å². The van der Waals surface area contributed by atoms with Crippen LogP contribution in [0.3, 0.4) is 0 Å². The molecule has 2 aromatic rings. The van der Waals surface area contributed by atoms with E-state index in [2.05, 4.69) is 16.8 Å². The lowest BCUT2D eigenvalue weighted by molar-refractivity contribution is -0.00644. The van der Waals surface area contributed by atoms with Crippen LogP contribution < -0.4 is 0 Å². The minimum atomic E-state index is -1.02. The average molecular weight is 441 g/mol. The largest absolute Gasteiger partial charge is 0.385 e. The number of nitrogens with zero attached hydrogens (tertiary/aromatic N) is 2. The summed E-state index contributed by atoms with van der Waals surface area (Å²) in [7, 11) is 2.15. The van der Waals surface area contributed by atoms with Gasteiger partial charge in [-0.05, 0) is 67.3 Å². The van der Waals surface area contributed by atoms with E-state index in [-0.39, 0.29) is 17.6 Å². The molecule has 2 atom stereocenters. The van der Waals surface area contributed by atoms with Crippen LogP contribution in [0.5, 0.6) is 0 Å². The molecule has 1 saturated heterocycles. The van der Waals surface area contributed by atoms with E-state index < -0.39 is 5.60 Å². The zero-order valence-corrected chi connectivity index (χ0v) is 18.9. The molecule has 0 amide bonds. The molecule has 0 bridgehead atoms. The molecule has 3 nitrogen and oxygen atoms in total. The lowest BCUT2D eigenvalue weighted by atomic mass is 9.74. The number of hydrogen-bond acceptors (Lipinski definition) is 3. The summed E-state index contributed by atoms with van der Waals surface area (Å²) in [4.78, 5) is 4.81. The monoisotopic (exact) mass is 440 g/mol. The first kappa shape index (κ1) is 23.1. The Bertz CT molecular complexity index is 904. The summed E-state index contributed by atoms with van der Waals surface area (Å²) < 4.78 is 27.0. The Hall–Kier alpha value is -2.08. The van der Waals surface area contributed by atoms with E-state index in [1.165, 1.54) is 24.3 Å². The lowest BCUT2D eigenvalue weighted by Gasteiger charge is -2.42. The molecule has 32 heavy (non-hydrogen) atoms. The van der Waals surface area contributed by atoms with Gasteiger partial charge in [0, 0.05) is 45.1 Å². The van der Waals surface area contributed by atoms with Crippen molar-refractivity contribution in [2.45, 2.75) is 37.7 Å². The predicted molar refractivity (Wildman–Crippen MR) is 125 cm³/mol. The van der Waals surface area contributed by atoms with Crippen LogP contribution in [0, 0.1) is 17.6 Å². The maximum Gasteiger partial charge on any atom is 0.123 e. The van der Waals surface area contributed by atoms with E-state index in [9.17, 15) is 13.9 Å². The molecule has 0 aromatic heterocycles. The summed E-state index contributed by atoms with van der Waals surface area (Å²) in [5, 5.41) is 12.3. The quantitative estimate of drug-likeness (QED) is 0.679. The van der Waals surface area contributed by atoms with E-state index in [4.69, 9.17) is 0 Å². The van der Waals surface area contributed by atoms with Gasteiger partial charge in [0.05, 0.1) is 5.60 Å². The Labute approximate surface area is 190 Å². The van der Waals surface area contributed by atoms with Crippen LogP contribution in [0.2, 0.25) is 0 Å². The van der Waals surface area contributed by atoms with Gasteiger partial charge in [0.2, 0.25) is 0 Å². The Balaban J connectivity index is 1.67. The van der Waals surface area contributed by atoms with Crippen LogP contribution in [0.15, 0.2) is 54.1 Å². The number of piperazine rings is 1. The molecule has 4 rings (SSSR count). The SMILES string of the molecule is CN1CCN(CC2CCCCC(=Cc3ccc(F)cc3)C2(O)Cc2ccc(F)cc2)CC1. The number of aliphatic hydroxyl groups is 1. The van der Waals surface area contributed by atoms with Gasteiger partial charge in [0.25, 0.3) is 0 Å². The second-order valence-electron chi connectivity index (χ2n) is 9.50. The minimum absolute atomic E-state index is 0.0881. The van der Waals surface area contributed by atoms with E-state index in [1.54, 1.807) is 24.3 Å². The van der Waals surface area contributed by atoms with Crippen molar-refractivity contribution in [3.63, 3.8) is 0 Å². The topological polar surface area (TPSA) is 26.7 Å². The molecule has 2 fully saturated rings. The maximum absolute atomic E-state index is 13.5. The molecule has 1 saturated carbocycles. The summed E-state index contributed by atoms with van der Waals surface area (Å²) in [5.74, 6) is -0.439. The highest BCUT2D eigenvalue weighted by Crippen LogP contribution is 2.41. The first-order valence-corrected chi connectivity index (χ1v) is 11.8. The fourth-order valence-corrected chi connectivity index (χ4v) is 5.14. The molecule has 1 aliphatic heterocycles. The zero-order valence-electron chi connectivity index (χ0n) is 18.9. The highest BCUT2D eigenvalue weighted by Gasteiger charge is 2.42. The molecule has 0 radical (unpaired) electrons. The van der Waals surface area contributed by atoms with Gasteiger partial charge < -0.3 is 14.9 Å². The predicted octanol–water partition coefficient (Wildman–Crippen LogP) is 4.76. The molecule has 1 heterocycles. The Kier molecular flexibility index (Phi) is 7.39. The summed E-state index contributed by atoms with van der Waals surface area (Å²) in [6.07, 6.45) is 6.38. The summed E-state index contributed by atoms with van der Waals surface area (Å²) in [6, 6.07) is 12.9. The molecular weight excluding hydrogens is 406 g/mol. The van der Waals surface area contributed by atoms with Crippen molar-refractivity contribution in [1.29, 1.82) is 0 Å². The Morgan fingerprint density at radius 2 is 1.56 bits per heavy atom. The van der Waals surface area contributed by atoms with Gasteiger partial charge >= 0.3 is 0 Å². The standard InChI is InChI=1S/C27H34F2N2O/c1-30-14-16-31(17-15-30)20-24-5-3-2-4-23(18-21-6-10-25(28)11-7-21)27(24,32)19-22-8-12-26(29)13-9-22/h6-13,18,24,32H,2-5,14-17,19-20H2,1H3. The van der Waals surface area contributed by atoms with Gasteiger partial charge in [-0.1, -0.05) is 36.8 Å². The van der Waals surface area contributed by atoms with Crippen LogP contribution >= 0.6 is 0 Å². The van der Waals surface area contributed by atoms with Crippen molar-refractivity contribution >= 4 is 6.08 Å². The molecule has 172 valence electrons. The van der Waals surface area contributed by atoms with Crippen LogP contribution in [0.25, 0.3) is 6.08 Å². The van der Waals surface area contributed by atoms with Crippen molar-refractivity contribution in [3.8, 4) is 0 Å². The van der Waals surface area contributed by atoms with E-state index in [0.717, 1.165) is 75.1 Å². The van der Waals surface area contributed by atoms with Crippen LogP contribution in [0.4, 0.5) is 8.78 Å². The van der Waals surface area contributed by atoms with Gasteiger partial charge in [-0.15, -0.1) is 0 Å². The summed E-state index contributed by atoms with van der Waals surface area (Å²) >= 11 is 0. The lowest BCUT2D eigenvalue weighted by Crippen LogP contribution is -2.51. The summed E-state index contributed by atoms with van der Waals surface area (Å²) in [6.45, 7) is 4.96. The van der Waals surface area contributed by atoms with Gasteiger partial charge in [-0.25, -0.2) is 8.78 Å². The molecule has 0 spiro atoms. The van der Waals surface area contributed by atoms with Crippen molar-refractivity contribution in [2.75, 3.05) is 39.8 Å².